The van der Waals surface area contributed by atoms with E-state index in [9.17, 15) is 9.36 Å². The summed E-state index contributed by atoms with van der Waals surface area (Å²) in [5.41, 5.74) is -0.779. The molecule has 0 aromatic heterocycles. The molecule has 0 radical (unpaired) electrons. The van der Waals surface area contributed by atoms with Gasteiger partial charge in [0.15, 0.2) is 0 Å². The van der Waals surface area contributed by atoms with Crippen molar-refractivity contribution in [1.82, 2.24) is 0 Å². The zero-order valence-corrected chi connectivity index (χ0v) is 15.0. The summed E-state index contributed by atoms with van der Waals surface area (Å²) in [6.07, 6.45) is 3.89. The van der Waals surface area contributed by atoms with Gasteiger partial charge in [-0.05, 0) is 33.1 Å². The highest BCUT2D eigenvalue weighted by Gasteiger charge is 2.42. The summed E-state index contributed by atoms with van der Waals surface area (Å²) in [6.45, 7) is 8.65. The summed E-state index contributed by atoms with van der Waals surface area (Å²) >= 11 is 0. The number of carbonyl (C=O) groups is 1. The third-order valence-electron chi connectivity index (χ3n) is 3.38. The number of phosphoric ester groups is 1. The van der Waals surface area contributed by atoms with Gasteiger partial charge in [-0.15, -0.1) is 0 Å². The molecule has 0 amide bonds. The van der Waals surface area contributed by atoms with E-state index >= 15 is 0 Å². The van der Waals surface area contributed by atoms with Gasteiger partial charge in [0.25, 0.3) is 0 Å². The van der Waals surface area contributed by atoms with Crippen LogP contribution in [0, 0.1) is 5.41 Å². The van der Waals surface area contributed by atoms with Crippen molar-refractivity contribution in [1.29, 1.82) is 0 Å². The highest BCUT2D eigenvalue weighted by Crippen LogP contribution is 2.51. The lowest BCUT2D eigenvalue weighted by molar-refractivity contribution is -0.146. The highest BCUT2D eigenvalue weighted by atomic mass is 31.2. The Labute approximate surface area is 133 Å². The average molecular weight is 336 g/mol. The van der Waals surface area contributed by atoms with Crippen LogP contribution >= 0.6 is 7.82 Å². The first kappa shape index (κ1) is 19.6. The van der Waals surface area contributed by atoms with E-state index in [-0.39, 0.29) is 19.3 Å². The van der Waals surface area contributed by atoms with Crippen molar-refractivity contribution in [3.05, 3.63) is 0 Å². The molecule has 1 heterocycles. The highest BCUT2D eigenvalue weighted by molar-refractivity contribution is 7.49. The van der Waals surface area contributed by atoms with E-state index < -0.39 is 19.2 Å². The molecule has 7 heteroatoms. The maximum Gasteiger partial charge on any atom is 0.532 e. The third-order valence-corrected chi connectivity index (χ3v) is 4.77. The minimum absolute atomic E-state index is 0.0870. The van der Waals surface area contributed by atoms with Crippen molar-refractivity contribution in [3.8, 4) is 0 Å². The van der Waals surface area contributed by atoms with Gasteiger partial charge < -0.3 is 9.26 Å². The Kier molecular flexibility index (Phi) is 8.04. The number of ether oxygens (including phenoxy) is 1. The molecule has 0 aliphatic carbocycles. The van der Waals surface area contributed by atoms with Gasteiger partial charge in [-0.2, -0.15) is 0 Å². The van der Waals surface area contributed by atoms with Gasteiger partial charge in [0.2, 0.25) is 0 Å². The van der Waals surface area contributed by atoms with E-state index in [4.69, 9.17) is 18.3 Å². The molecule has 1 aliphatic rings. The van der Waals surface area contributed by atoms with Gasteiger partial charge in [0.05, 0.1) is 31.3 Å². The quantitative estimate of drug-likeness (QED) is 0.304. The molecular formula is C15H29O6P. The smallest absolute Gasteiger partial charge is 0.373 e. The standard InChI is InChI=1S/C15H29O6P/c1-5-7-9-19-22(17,20-10-8-6-2)21-14(16)15(3,4)11-13-12-18-13/h13H,5-12H2,1-4H3. The van der Waals surface area contributed by atoms with E-state index in [2.05, 4.69) is 0 Å². The second-order valence-electron chi connectivity index (χ2n) is 6.24. The van der Waals surface area contributed by atoms with Crippen molar-refractivity contribution in [2.45, 2.75) is 65.9 Å². The fraction of sp³-hybridized carbons (Fsp3) is 0.933. The monoisotopic (exact) mass is 336 g/mol. The molecule has 0 spiro atoms. The maximum atomic E-state index is 12.6. The fourth-order valence-corrected chi connectivity index (χ4v) is 3.13. The Hall–Kier alpha value is -0.420. The molecule has 22 heavy (non-hydrogen) atoms. The predicted molar refractivity (Wildman–Crippen MR) is 83.6 cm³/mol. The second-order valence-corrected chi connectivity index (χ2v) is 7.84. The van der Waals surface area contributed by atoms with Crippen molar-refractivity contribution < 1.29 is 27.7 Å². The maximum absolute atomic E-state index is 12.6. The van der Waals surface area contributed by atoms with Crippen LogP contribution in [0.5, 0.6) is 0 Å². The van der Waals surface area contributed by atoms with Crippen molar-refractivity contribution in [3.63, 3.8) is 0 Å². The number of phosphoric acid groups is 1. The molecule has 0 N–H and O–H groups in total. The van der Waals surface area contributed by atoms with Crippen LogP contribution in [0.2, 0.25) is 0 Å². The molecule has 0 aromatic rings. The fourth-order valence-electron chi connectivity index (χ4n) is 1.79. The van der Waals surface area contributed by atoms with Crippen LogP contribution in [0.3, 0.4) is 0 Å². The van der Waals surface area contributed by atoms with E-state index in [1.807, 2.05) is 13.8 Å². The Balaban J connectivity index is 2.59. The number of hydrogen-bond acceptors (Lipinski definition) is 6. The van der Waals surface area contributed by atoms with Crippen LogP contribution in [0.25, 0.3) is 0 Å². The van der Waals surface area contributed by atoms with Gasteiger partial charge in [-0.25, -0.2) is 4.57 Å². The normalized spacial score (nSPS) is 18.3. The molecule has 0 bridgehead atoms. The molecule has 1 rings (SSSR count). The minimum Gasteiger partial charge on any atom is -0.373 e. The summed E-state index contributed by atoms with van der Waals surface area (Å²) < 4.78 is 33.4. The van der Waals surface area contributed by atoms with Crippen molar-refractivity contribution in [2.24, 2.45) is 5.41 Å². The van der Waals surface area contributed by atoms with Crippen molar-refractivity contribution in [2.75, 3.05) is 19.8 Å². The third kappa shape index (κ3) is 7.23. The summed E-state index contributed by atoms with van der Waals surface area (Å²) in [4.78, 5) is 12.3. The number of rotatable bonds is 12. The zero-order valence-electron chi connectivity index (χ0n) is 14.1. The minimum atomic E-state index is -3.84. The van der Waals surface area contributed by atoms with E-state index in [1.165, 1.54) is 0 Å². The molecule has 1 unspecified atom stereocenters. The lowest BCUT2D eigenvalue weighted by Crippen LogP contribution is -2.28. The van der Waals surface area contributed by atoms with E-state index in [0.29, 0.717) is 13.0 Å². The Morgan fingerprint density at radius 1 is 1.18 bits per heavy atom. The Morgan fingerprint density at radius 2 is 1.68 bits per heavy atom. The Morgan fingerprint density at radius 3 is 2.09 bits per heavy atom. The number of carbonyl (C=O) groups excluding carboxylic acids is 1. The first-order chi connectivity index (χ1) is 10.3. The predicted octanol–water partition coefficient (Wildman–Crippen LogP) is 4.09. The molecule has 1 atom stereocenters. The SMILES string of the molecule is CCCCOP(=O)(OCCCC)OC(=O)C(C)(C)CC1CO1. The van der Waals surface area contributed by atoms with Crippen LogP contribution < -0.4 is 0 Å². The summed E-state index contributed by atoms with van der Waals surface area (Å²) in [7, 11) is -3.84. The topological polar surface area (TPSA) is 74.4 Å². The van der Waals surface area contributed by atoms with Gasteiger partial charge >= 0.3 is 13.8 Å². The molecule has 0 aromatic carbocycles. The summed E-state index contributed by atoms with van der Waals surface area (Å²) in [5.74, 6) is -0.570. The average Bonchev–Trinajstić information content (AvgIpc) is 3.22. The molecule has 1 fully saturated rings. The molecule has 130 valence electrons. The zero-order chi connectivity index (χ0) is 16.6. The molecule has 1 aliphatic heterocycles. The second kappa shape index (κ2) is 9.02. The van der Waals surface area contributed by atoms with Gasteiger partial charge in [-0.1, -0.05) is 26.7 Å². The molecule has 6 nitrogen and oxygen atoms in total. The molecular weight excluding hydrogens is 307 g/mol. The Bertz CT molecular complexity index is 377. The van der Waals surface area contributed by atoms with Gasteiger partial charge in [0.1, 0.15) is 0 Å². The van der Waals surface area contributed by atoms with Crippen LogP contribution in [0.15, 0.2) is 0 Å². The van der Waals surface area contributed by atoms with Gasteiger partial charge in [-0.3, -0.25) is 13.8 Å². The van der Waals surface area contributed by atoms with Gasteiger partial charge in [0, 0.05) is 0 Å². The van der Waals surface area contributed by atoms with Crippen molar-refractivity contribution >= 4 is 13.8 Å². The largest absolute Gasteiger partial charge is 0.532 e. The van der Waals surface area contributed by atoms with E-state index in [1.54, 1.807) is 13.8 Å². The number of epoxide rings is 1. The summed E-state index contributed by atoms with van der Waals surface area (Å²) in [5, 5.41) is 0. The lowest BCUT2D eigenvalue weighted by Gasteiger charge is -2.24. The summed E-state index contributed by atoms with van der Waals surface area (Å²) in [6, 6.07) is 0. The van der Waals surface area contributed by atoms with E-state index in [0.717, 1.165) is 25.7 Å². The number of hydrogen-bond donors (Lipinski definition) is 0. The van der Waals surface area contributed by atoms with Crippen LogP contribution in [-0.4, -0.2) is 31.9 Å². The van der Waals surface area contributed by atoms with Crippen LogP contribution in [0.1, 0.15) is 59.8 Å². The molecule has 1 saturated heterocycles. The number of unbranched alkanes of at least 4 members (excludes halogenated alkanes) is 2. The molecule has 0 saturated carbocycles. The lowest BCUT2D eigenvalue weighted by atomic mass is 9.88. The van der Waals surface area contributed by atoms with Crippen LogP contribution in [-0.2, 0) is 27.7 Å². The first-order valence-corrected chi connectivity index (χ1v) is 9.54. The van der Waals surface area contributed by atoms with Crippen LogP contribution in [0.4, 0.5) is 0 Å². The first-order valence-electron chi connectivity index (χ1n) is 8.07.